The predicted octanol–water partition coefficient (Wildman–Crippen LogP) is 4.74. The van der Waals surface area contributed by atoms with Crippen LogP contribution < -0.4 is 5.32 Å². The number of hydrogen-bond acceptors (Lipinski definition) is 5. The molecule has 0 aliphatic rings. The molecule has 6 nitrogen and oxygen atoms in total. The van der Waals surface area contributed by atoms with Gasteiger partial charge in [-0.1, -0.05) is 29.3 Å². The summed E-state index contributed by atoms with van der Waals surface area (Å²) in [6.45, 7) is 2.23. The Morgan fingerprint density at radius 1 is 1.27 bits per heavy atom. The Morgan fingerprint density at radius 3 is 2.80 bits per heavy atom. The van der Waals surface area contributed by atoms with Crippen molar-refractivity contribution in [1.29, 1.82) is 0 Å². The maximum absolute atomic E-state index is 14.0. The molecule has 0 saturated heterocycles. The number of aromatic nitrogens is 3. The summed E-state index contributed by atoms with van der Waals surface area (Å²) in [5.74, 6) is -1.68. The molecule has 1 aromatic carbocycles. The summed E-state index contributed by atoms with van der Waals surface area (Å²) in [6.07, 6.45) is 2.83. The van der Waals surface area contributed by atoms with Crippen molar-refractivity contribution in [2.45, 2.75) is 19.9 Å². The van der Waals surface area contributed by atoms with Gasteiger partial charge in [-0.15, -0.1) is 0 Å². The summed E-state index contributed by atoms with van der Waals surface area (Å²) in [5.41, 5.74) is 1.25. The molecule has 3 rings (SSSR count). The quantitative estimate of drug-likeness (QED) is 0.497. The SMILES string of the molecule is CCOC(=O)c1nn(Cc2cncc(F)c2)c(Cl)c1CCNc1cccc(Cl)c1F. The number of benzene rings is 1. The molecule has 2 heterocycles. The molecule has 1 N–H and O–H groups in total. The van der Waals surface area contributed by atoms with Crippen LogP contribution in [0.5, 0.6) is 0 Å². The Kier molecular flexibility index (Phi) is 7.23. The van der Waals surface area contributed by atoms with Crippen molar-refractivity contribution >= 4 is 34.9 Å². The van der Waals surface area contributed by atoms with Gasteiger partial charge in [0.2, 0.25) is 0 Å². The van der Waals surface area contributed by atoms with Crippen LogP contribution in [0.1, 0.15) is 28.5 Å². The van der Waals surface area contributed by atoms with Crippen molar-refractivity contribution in [1.82, 2.24) is 14.8 Å². The molecule has 0 fully saturated rings. The Balaban J connectivity index is 1.83. The Bertz CT molecular complexity index is 1060. The number of ether oxygens (including phenoxy) is 1. The van der Waals surface area contributed by atoms with Crippen LogP contribution in [0.25, 0.3) is 0 Å². The lowest BCUT2D eigenvalue weighted by Gasteiger charge is -2.09. The molecule has 3 aromatic rings. The van der Waals surface area contributed by atoms with Crippen LogP contribution in [0.4, 0.5) is 14.5 Å². The number of pyridine rings is 1. The van der Waals surface area contributed by atoms with E-state index < -0.39 is 17.6 Å². The van der Waals surface area contributed by atoms with E-state index in [0.717, 1.165) is 6.20 Å². The molecular weight excluding hydrogens is 437 g/mol. The first-order valence-corrected chi connectivity index (χ1v) is 9.86. The number of halogens is 4. The van der Waals surface area contributed by atoms with Gasteiger partial charge in [0.25, 0.3) is 0 Å². The van der Waals surface area contributed by atoms with Crippen LogP contribution in [0.15, 0.2) is 36.7 Å². The summed E-state index contributed by atoms with van der Waals surface area (Å²) in [7, 11) is 0. The van der Waals surface area contributed by atoms with Crippen LogP contribution in [-0.2, 0) is 17.7 Å². The molecule has 158 valence electrons. The predicted molar refractivity (Wildman–Crippen MR) is 110 cm³/mol. The van der Waals surface area contributed by atoms with E-state index in [4.69, 9.17) is 27.9 Å². The van der Waals surface area contributed by atoms with Gasteiger partial charge in [-0.05, 0) is 37.1 Å². The summed E-state index contributed by atoms with van der Waals surface area (Å²) in [5, 5.41) is 7.38. The van der Waals surface area contributed by atoms with Gasteiger partial charge in [-0.3, -0.25) is 4.98 Å². The molecule has 2 aromatic heterocycles. The van der Waals surface area contributed by atoms with Gasteiger partial charge in [0.1, 0.15) is 11.0 Å². The van der Waals surface area contributed by atoms with E-state index in [9.17, 15) is 13.6 Å². The molecule has 10 heteroatoms. The summed E-state index contributed by atoms with van der Waals surface area (Å²) in [6, 6.07) is 5.92. The largest absolute Gasteiger partial charge is 0.461 e. The minimum absolute atomic E-state index is 0.00164. The molecule has 0 unspecified atom stereocenters. The normalized spacial score (nSPS) is 10.8. The van der Waals surface area contributed by atoms with E-state index in [1.54, 1.807) is 19.1 Å². The second kappa shape index (κ2) is 9.86. The zero-order valence-electron chi connectivity index (χ0n) is 16.0. The smallest absolute Gasteiger partial charge is 0.359 e. The Morgan fingerprint density at radius 2 is 2.07 bits per heavy atom. The van der Waals surface area contributed by atoms with Gasteiger partial charge < -0.3 is 10.1 Å². The lowest BCUT2D eigenvalue weighted by atomic mass is 10.1. The highest BCUT2D eigenvalue weighted by Crippen LogP contribution is 2.25. The van der Waals surface area contributed by atoms with Crippen molar-refractivity contribution in [3.63, 3.8) is 0 Å². The first kappa shape index (κ1) is 22.0. The number of esters is 1. The van der Waals surface area contributed by atoms with Gasteiger partial charge >= 0.3 is 5.97 Å². The molecule has 0 amide bonds. The standard InChI is InChI=1S/C20H18Cl2F2N4O2/c1-2-30-20(29)18-14(6-7-26-16-5-3-4-15(21)17(16)24)19(22)28(27-18)11-12-8-13(23)10-25-9-12/h3-5,8-10,26H,2,6-7,11H2,1H3. The minimum atomic E-state index is -0.626. The maximum atomic E-state index is 14.0. The van der Waals surface area contributed by atoms with Crippen molar-refractivity contribution in [2.24, 2.45) is 0 Å². The van der Waals surface area contributed by atoms with E-state index in [0.29, 0.717) is 11.1 Å². The van der Waals surface area contributed by atoms with Crippen molar-refractivity contribution < 1.29 is 18.3 Å². The fourth-order valence-corrected chi connectivity index (χ4v) is 3.30. The Hall–Kier alpha value is -2.71. The van der Waals surface area contributed by atoms with Crippen LogP contribution in [0.2, 0.25) is 10.2 Å². The fourth-order valence-electron chi connectivity index (χ4n) is 2.85. The summed E-state index contributed by atoms with van der Waals surface area (Å²) >= 11 is 12.2. The van der Waals surface area contributed by atoms with E-state index in [2.05, 4.69) is 15.4 Å². The fraction of sp³-hybridized carbons (Fsp3) is 0.250. The number of hydrogen-bond donors (Lipinski definition) is 1. The number of nitrogens with zero attached hydrogens (tertiary/aromatic N) is 3. The highest BCUT2D eigenvalue weighted by molar-refractivity contribution is 6.31. The van der Waals surface area contributed by atoms with Crippen LogP contribution >= 0.6 is 23.2 Å². The van der Waals surface area contributed by atoms with Crippen molar-refractivity contribution in [2.75, 3.05) is 18.5 Å². The van der Waals surface area contributed by atoms with Crippen molar-refractivity contribution in [3.05, 3.63) is 75.3 Å². The van der Waals surface area contributed by atoms with E-state index >= 15 is 0 Å². The molecule has 0 spiro atoms. The third kappa shape index (κ3) is 5.06. The third-order valence-electron chi connectivity index (χ3n) is 4.19. The van der Waals surface area contributed by atoms with E-state index in [1.165, 1.54) is 23.0 Å². The molecule has 30 heavy (non-hydrogen) atoms. The number of nitrogens with one attached hydrogen (secondary N) is 1. The lowest BCUT2D eigenvalue weighted by Crippen LogP contribution is -2.12. The van der Waals surface area contributed by atoms with Gasteiger partial charge in [0, 0.05) is 18.3 Å². The van der Waals surface area contributed by atoms with E-state index in [1.807, 2.05) is 0 Å². The van der Waals surface area contributed by atoms with E-state index in [-0.39, 0.29) is 47.7 Å². The Labute approximate surface area is 181 Å². The maximum Gasteiger partial charge on any atom is 0.359 e. The number of anilines is 1. The summed E-state index contributed by atoms with van der Waals surface area (Å²) in [4.78, 5) is 16.1. The number of rotatable bonds is 8. The number of carbonyl (C=O) groups excluding carboxylic acids is 1. The molecule has 0 radical (unpaired) electrons. The minimum Gasteiger partial charge on any atom is -0.461 e. The first-order chi connectivity index (χ1) is 14.4. The lowest BCUT2D eigenvalue weighted by molar-refractivity contribution is 0.0517. The topological polar surface area (TPSA) is 69.0 Å². The zero-order chi connectivity index (χ0) is 21.7. The highest BCUT2D eigenvalue weighted by atomic mass is 35.5. The molecule has 0 saturated carbocycles. The second-order valence-corrected chi connectivity index (χ2v) is 7.05. The molecule has 0 aliphatic carbocycles. The highest BCUT2D eigenvalue weighted by Gasteiger charge is 2.23. The van der Waals surface area contributed by atoms with Gasteiger partial charge in [0.15, 0.2) is 11.5 Å². The zero-order valence-corrected chi connectivity index (χ0v) is 17.5. The van der Waals surface area contributed by atoms with Gasteiger partial charge in [-0.2, -0.15) is 5.10 Å². The van der Waals surface area contributed by atoms with Crippen LogP contribution in [0.3, 0.4) is 0 Å². The van der Waals surface area contributed by atoms with Gasteiger partial charge in [0.05, 0.1) is 30.1 Å². The monoisotopic (exact) mass is 454 g/mol. The van der Waals surface area contributed by atoms with Gasteiger partial charge in [-0.25, -0.2) is 18.3 Å². The average Bonchev–Trinajstić information content (AvgIpc) is 3.01. The molecule has 0 bridgehead atoms. The summed E-state index contributed by atoms with van der Waals surface area (Å²) < 4.78 is 33.9. The first-order valence-electron chi connectivity index (χ1n) is 9.10. The second-order valence-electron chi connectivity index (χ2n) is 6.29. The average molecular weight is 455 g/mol. The molecular formula is C20H18Cl2F2N4O2. The van der Waals surface area contributed by atoms with Crippen LogP contribution in [0, 0.1) is 11.6 Å². The third-order valence-corrected chi connectivity index (χ3v) is 4.90. The van der Waals surface area contributed by atoms with Crippen molar-refractivity contribution in [3.8, 4) is 0 Å². The molecule has 0 atom stereocenters. The number of carbonyl (C=O) groups is 1. The van der Waals surface area contributed by atoms with Crippen LogP contribution in [-0.4, -0.2) is 33.9 Å². The molecule has 0 aliphatic heterocycles.